The molecule has 0 N–H and O–H groups in total. The van der Waals surface area contributed by atoms with Crippen LogP contribution in [0.2, 0.25) is 0 Å². The Bertz CT molecular complexity index is 3810. The lowest BCUT2D eigenvalue weighted by atomic mass is 9.65. The Morgan fingerprint density at radius 3 is 1.79 bits per heavy atom. The summed E-state index contributed by atoms with van der Waals surface area (Å²) in [6.07, 6.45) is 0. The minimum atomic E-state index is -0.632. The summed E-state index contributed by atoms with van der Waals surface area (Å²) >= 11 is 1.86. The summed E-state index contributed by atoms with van der Waals surface area (Å²) in [7, 11) is 0. The zero-order valence-electron chi connectivity index (χ0n) is 33.8. The lowest BCUT2D eigenvalue weighted by Gasteiger charge is -2.39. The molecule has 4 nitrogen and oxygen atoms in total. The minimum Gasteiger partial charge on any atom is -0.309 e. The Labute approximate surface area is 367 Å². The highest BCUT2D eigenvalue weighted by Gasteiger charge is 2.51. The van der Waals surface area contributed by atoms with Crippen LogP contribution in [0.15, 0.2) is 206 Å². The quantitative estimate of drug-likeness (QED) is 0.178. The normalized spacial score (nSPS) is 14.7. The number of rotatable bonds is 4. The molecule has 0 radical (unpaired) electrons. The topological polar surface area (TPSA) is 43.6 Å². The summed E-state index contributed by atoms with van der Waals surface area (Å²) in [6, 6.07) is 75.0. The smallest absolute Gasteiger partial charge is 0.164 e. The average molecular weight is 819 g/mol. The van der Waals surface area contributed by atoms with Crippen LogP contribution in [0, 0.1) is 0 Å². The maximum Gasteiger partial charge on any atom is 0.164 e. The van der Waals surface area contributed by atoms with Gasteiger partial charge in [0.1, 0.15) is 0 Å². The fraction of sp³-hybridized carbons (Fsp3) is 0.0172. The molecule has 63 heavy (non-hydrogen) atoms. The number of thiophene rings is 1. The first kappa shape index (κ1) is 34.7. The number of hydrogen-bond donors (Lipinski definition) is 0. The summed E-state index contributed by atoms with van der Waals surface area (Å²) in [5, 5.41) is 5.12. The van der Waals surface area contributed by atoms with E-state index >= 15 is 0 Å². The van der Waals surface area contributed by atoms with Crippen LogP contribution in [-0.2, 0) is 5.41 Å². The zero-order chi connectivity index (χ0) is 41.2. The molecule has 9 aromatic carbocycles. The van der Waals surface area contributed by atoms with Gasteiger partial charge in [0.05, 0.1) is 22.1 Å². The Balaban J connectivity index is 1.10. The maximum atomic E-state index is 5.34. The van der Waals surface area contributed by atoms with Gasteiger partial charge in [0.15, 0.2) is 17.5 Å². The van der Waals surface area contributed by atoms with Crippen LogP contribution >= 0.6 is 11.3 Å². The van der Waals surface area contributed by atoms with Gasteiger partial charge in [-0.3, -0.25) is 0 Å². The number of fused-ring (bicyclic) bond motifs is 15. The largest absolute Gasteiger partial charge is 0.309 e. The Kier molecular flexibility index (Phi) is 7.16. The maximum absolute atomic E-state index is 5.34. The lowest BCUT2D eigenvalue weighted by molar-refractivity contribution is 0.748. The van der Waals surface area contributed by atoms with Crippen molar-refractivity contribution in [3.63, 3.8) is 0 Å². The van der Waals surface area contributed by atoms with Crippen molar-refractivity contribution in [1.29, 1.82) is 0 Å². The van der Waals surface area contributed by atoms with Crippen molar-refractivity contribution in [2.45, 2.75) is 5.41 Å². The van der Waals surface area contributed by atoms with Gasteiger partial charge in [-0.25, -0.2) is 15.0 Å². The number of para-hydroxylation sites is 3. The van der Waals surface area contributed by atoms with Crippen molar-refractivity contribution in [2.24, 2.45) is 0 Å². The second-order valence-corrected chi connectivity index (χ2v) is 17.7. The second kappa shape index (κ2) is 13.0. The molecule has 5 heteroatoms. The molecule has 0 saturated carbocycles. The summed E-state index contributed by atoms with van der Waals surface area (Å²) in [6.45, 7) is 0. The van der Waals surface area contributed by atoms with Crippen molar-refractivity contribution in [1.82, 2.24) is 19.5 Å². The molecule has 1 spiro atoms. The van der Waals surface area contributed by atoms with E-state index in [1.807, 2.05) is 47.7 Å². The Morgan fingerprint density at radius 1 is 0.365 bits per heavy atom. The van der Waals surface area contributed by atoms with E-state index in [0.29, 0.717) is 17.5 Å². The van der Waals surface area contributed by atoms with Gasteiger partial charge < -0.3 is 4.57 Å². The first-order valence-electron chi connectivity index (χ1n) is 21.4. The molecule has 0 saturated heterocycles. The van der Waals surface area contributed by atoms with Gasteiger partial charge in [-0.2, -0.15) is 0 Å². The Hall–Kier alpha value is -7.99. The van der Waals surface area contributed by atoms with E-state index in [9.17, 15) is 0 Å². The third-order valence-corrected chi connectivity index (χ3v) is 14.6. The predicted octanol–water partition coefficient (Wildman–Crippen LogP) is 14.7. The van der Waals surface area contributed by atoms with Crippen molar-refractivity contribution in [3.8, 4) is 62.1 Å². The third kappa shape index (κ3) is 4.77. The summed E-state index contributed by atoms with van der Waals surface area (Å²) < 4.78 is 5.10. The van der Waals surface area contributed by atoms with Crippen molar-refractivity contribution in [2.75, 3.05) is 0 Å². The molecule has 12 aromatic rings. The fourth-order valence-corrected chi connectivity index (χ4v) is 12.0. The molecule has 14 rings (SSSR count). The molecule has 1 unspecified atom stereocenters. The zero-order valence-corrected chi connectivity index (χ0v) is 34.6. The van der Waals surface area contributed by atoms with Gasteiger partial charge in [-0.05, 0) is 74.8 Å². The summed E-state index contributed by atoms with van der Waals surface area (Å²) in [4.78, 5) is 15.8. The Morgan fingerprint density at radius 2 is 0.968 bits per heavy atom. The molecule has 292 valence electrons. The second-order valence-electron chi connectivity index (χ2n) is 16.7. The highest BCUT2D eigenvalue weighted by Crippen LogP contribution is 2.62. The van der Waals surface area contributed by atoms with E-state index in [-0.39, 0.29) is 0 Å². The number of nitrogens with zero attached hydrogens (tertiary/aromatic N) is 4. The monoisotopic (exact) mass is 818 g/mol. The minimum absolute atomic E-state index is 0.632. The molecular formula is C58H34N4S. The molecule has 4 heterocycles. The number of aromatic nitrogens is 4. The van der Waals surface area contributed by atoms with Gasteiger partial charge in [0, 0.05) is 47.6 Å². The van der Waals surface area contributed by atoms with Crippen LogP contribution in [0.1, 0.15) is 22.3 Å². The third-order valence-electron chi connectivity index (χ3n) is 13.5. The standard InChI is InChI=1S/C58H34N4S/c1-3-15-35(16-4-1)55-59-56(36-17-5-2-6-18-36)61-57(60-55)43-22-14-24-47-53(43)44-33-37(38-29-31-41-40-20-8-12-28-51(40)63-52(41)34-38)30-32-45(44)58(47)46-23-9-11-27-50(46)62-49-26-10-7-19-39(49)42-21-13-25-48(58)54(42)62/h1-34H. The van der Waals surface area contributed by atoms with Crippen LogP contribution < -0.4 is 0 Å². The van der Waals surface area contributed by atoms with E-state index in [0.717, 1.165) is 22.3 Å². The van der Waals surface area contributed by atoms with E-state index in [2.05, 4.69) is 174 Å². The molecule has 1 aliphatic heterocycles. The van der Waals surface area contributed by atoms with E-state index < -0.39 is 5.41 Å². The average Bonchev–Trinajstić information content (AvgIpc) is 4.00. The number of benzene rings is 9. The van der Waals surface area contributed by atoms with Crippen molar-refractivity contribution in [3.05, 3.63) is 229 Å². The fourth-order valence-electron chi connectivity index (χ4n) is 10.9. The first-order chi connectivity index (χ1) is 31.2. The number of hydrogen-bond acceptors (Lipinski definition) is 4. The van der Waals surface area contributed by atoms with Crippen LogP contribution in [0.25, 0.3) is 104 Å². The molecule has 1 aliphatic carbocycles. The molecule has 0 fully saturated rings. The summed E-state index contributed by atoms with van der Waals surface area (Å²) in [5.41, 5.74) is 15.6. The van der Waals surface area contributed by atoms with Gasteiger partial charge in [0.2, 0.25) is 0 Å². The molecule has 2 aliphatic rings. The van der Waals surface area contributed by atoms with Gasteiger partial charge in [0.25, 0.3) is 0 Å². The van der Waals surface area contributed by atoms with E-state index in [1.165, 1.54) is 86.6 Å². The lowest BCUT2D eigenvalue weighted by Crippen LogP contribution is -2.33. The summed E-state index contributed by atoms with van der Waals surface area (Å²) in [5.74, 6) is 1.94. The molecular weight excluding hydrogens is 785 g/mol. The van der Waals surface area contributed by atoms with Gasteiger partial charge in [-0.1, -0.05) is 176 Å². The predicted molar refractivity (Wildman–Crippen MR) is 260 cm³/mol. The van der Waals surface area contributed by atoms with E-state index in [4.69, 9.17) is 15.0 Å². The molecule has 0 amide bonds. The van der Waals surface area contributed by atoms with Crippen LogP contribution in [-0.4, -0.2) is 19.5 Å². The van der Waals surface area contributed by atoms with Gasteiger partial charge >= 0.3 is 0 Å². The van der Waals surface area contributed by atoms with Crippen LogP contribution in [0.4, 0.5) is 0 Å². The first-order valence-corrected chi connectivity index (χ1v) is 22.3. The highest BCUT2D eigenvalue weighted by molar-refractivity contribution is 7.25. The van der Waals surface area contributed by atoms with Crippen molar-refractivity contribution < 1.29 is 0 Å². The van der Waals surface area contributed by atoms with Crippen LogP contribution in [0.5, 0.6) is 0 Å². The molecule has 0 bridgehead atoms. The molecule has 1 atom stereocenters. The van der Waals surface area contributed by atoms with Gasteiger partial charge in [-0.15, -0.1) is 11.3 Å². The highest BCUT2D eigenvalue weighted by atomic mass is 32.1. The van der Waals surface area contributed by atoms with E-state index in [1.54, 1.807) is 0 Å². The molecule has 3 aromatic heterocycles. The van der Waals surface area contributed by atoms with Crippen LogP contribution in [0.3, 0.4) is 0 Å². The van der Waals surface area contributed by atoms with Crippen molar-refractivity contribution >= 4 is 53.3 Å². The SMILES string of the molecule is c1ccc(-c2nc(-c3ccccc3)nc(-c3cccc4c3-c3cc(-c5ccc6c(c5)sc5ccccc56)ccc3C43c4ccccc4-n4c5ccccc5c5cccc3c54)n2)cc1.